The molecule has 0 bridgehead atoms. The minimum atomic E-state index is -0.411. The summed E-state index contributed by atoms with van der Waals surface area (Å²) in [7, 11) is 1.58. The predicted octanol–water partition coefficient (Wildman–Crippen LogP) is 4.70. The summed E-state index contributed by atoms with van der Waals surface area (Å²) in [5.74, 6) is 1.46. The number of carbonyl (C=O) groups is 2. The zero-order chi connectivity index (χ0) is 29.8. The number of aromatic nitrogens is 2. The third kappa shape index (κ3) is 5.97. The van der Waals surface area contributed by atoms with Crippen molar-refractivity contribution in [2.45, 2.75) is 20.8 Å². The number of methoxy groups -OCH3 is 1. The van der Waals surface area contributed by atoms with E-state index >= 15 is 0 Å². The first-order chi connectivity index (χ1) is 20.2. The van der Waals surface area contributed by atoms with Gasteiger partial charge in [-0.1, -0.05) is 12.1 Å². The maximum atomic E-state index is 13.8. The Bertz CT molecular complexity index is 1660. The Morgan fingerprint density at radius 2 is 1.52 bits per heavy atom. The summed E-state index contributed by atoms with van der Waals surface area (Å²) in [6.07, 6.45) is 1.51. The number of hydrogen-bond acceptors (Lipinski definition) is 7. The van der Waals surface area contributed by atoms with Gasteiger partial charge in [0.05, 0.1) is 19.0 Å². The molecular formula is C32H33N5O5. The fraction of sp³-hybridized carbons (Fsp3) is 0.250. The Labute approximate surface area is 244 Å². The Hall–Kier alpha value is -5.12. The molecule has 2 amide bonds. The van der Waals surface area contributed by atoms with Crippen molar-refractivity contribution in [3.8, 4) is 22.9 Å². The van der Waals surface area contributed by atoms with Gasteiger partial charge >= 0.3 is 0 Å². The van der Waals surface area contributed by atoms with Crippen LogP contribution in [0.25, 0.3) is 5.69 Å². The number of amides is 2. The van der Waals surface area contributed by atoms with Gasteiger partial charge < -0.3 is 24.6 Å². The van der Waals surface area contributed by atoms with Gasteiger partial charge in [0.25, 0.3) is 11.5 Å². The maximum absolute atomic E-state index is 13.8. The van der Waals surface area contributed by atoms with Gasteiger partial charge in [0.15, 0.2) is 11.4 Å². The van der Waals surface area contributed by atoms with Crippen molar-refractivity contribution in [1.29, 1.82) is 0 Å². The van der Waals surface area contributed by atoms with Crippen LogP contribution in [0.1, 0.15) is 28.4 Å². The monoisotopic (exact) mass is 567 g/mol. The molecular weight excluding hydrogens is 534 g/mol. The van der Waals surface area contributed by atoms with Crippen LogP contribution in [0.3, 0.4) is 0 Å². The van der Waals surface area contributed by atoms with Crippen LogP contribution >= 0.6 is 0 Å². The average Bonchev–Trinajstić information content (AvgIpc) is 3.01. The lowest BCUT2D eigenvalue weighted by Gasteiger charge is -2.34. The van der Waals surface area contributed by atoms with E-state index in [1.165, 1.54) is 17.8 Å². The van der Waals surface area contributed by atoms with Gasteiger partial charge in [0, 0.05) is 44.4 Å². The molecule has 216 valence electrons. The summed E-state index contributed by atoms with van der Waals surface area (Å²) in [5.41, 5.74) is 3.48. The van der Waals surface area contributed by atoms with E-state index in [2.05, 4.69) is 10.4 Å². The lowest BCUT2D eigenvalue weighted by atomic mass is 10.1. The van der Waals surface area contributed by atoms with Crippen molar-refractivity contribution in [1.82, 2.24) is 19.6 Å². The number of ether oxygens (including phenoxy) is 2. The third-order valence-corrected chi connectivity index (χ3v) is 7.45. The minimum Gasteiger partial charge on any atom is -0.497 e. The van der Waals surface area contributed by atoms with E-state index in [0.717, 1.165) is 11.1 Å². The second-order valence-electron chi connectivity index (χ2n) is 10.1. The summed E-state index contributed by atoms with van der Waals surface area (Å²) in [4.78, 5) is 42.0. The molecule has 0 radical (unpaired) electrons. The molecule has 1 aliphatic rings. The first kappa shape index (κ1) is 28.4. The molecule has 1 N–H and O–H groups in total. The summed E-state index contributed by atoms with van der Waals surface area (Å²) in [6, 6.07) is 19.7. The van der Waals surface area contributed by atoms with Gasteiger partial charge in [-0.3, -0.25) is 14.4 Å². The summed E-state index contributed by atoms with van der Waals surface area (Å²) in [5, 5.41) is 7.58. The molecule has 1 saturated heterocycles. The van der Waals surface area contributed by atoms with Crippen molar-refractivity contribution in [2.75, 3.05) is 38.6 Å². The molecule has 1 aliphatic heterocycles. The first-order valence-electron chi connectivity index (χ1n) is 13.7. The SMILES string of the molecule is COc1ccc(-n2ncc(Oc3cccc(C)c3C)c(Nc3ccc(C(=O)N4CCN(C(C)=O)CC4)cc3)c2=O)cc1. The van der Waals surface area contributed by atoms with E-state index in [-0.39, 0.29) is 23.3 Å². The number of anilines is 2. The molecule has 42 heavy (non-hydrogen) atoms. The predicted molar refractivity (Wildman–Crippen MR) is 160 cm³/mol. The van der Waals surface area contributed by atoms with Gasteiger partial charge in [-0.2, -0.15) is 9.78 Å². The average molecular weight is 568 g/mol. The Morgan fingerprint density at radius 1 is 0.857 bits per heavy atom. The van der Waals surface area contributed by atoms with Crippen LogP contribution in [0.2, 0.25) is 0 Å². The highest BCUT2D eigenvalue weighted by atomic mass is 16.5. The summed E-state index contributed by atoms with van der Waals surface area (Å²) >= 11 is 0. The number of nitrogens with one attached hydrogen (secondary N) is 1. The zero-order valence-electron chi connectivity index (χ0n) is 24.1. The molecule has 1 fully saturated rings. The molecule has 4 aromatic rings. The number of rotatable bonds is 7. The smallest absolute Gasteiger partial charge is 0.299 e. The summed E-state index contributed by atoms with van der Waals surface area (Å²) < 4.78 is 12.8. The highest BCUT2D eigenvalue weighted by Crippen LogP contribution is 2.32. The number of carbonyl (C=O) groups excluding carboxylic acids is 2. The van der Waals surface area contributed by atoms with E-state index in [1.54, 1.807) is 65.4 Å². The van der Waals surface area contributed by atoms with Crippen LogP contribution in [0.5, 0.6) is 17.2 Å². The molecule has 0 unspecified atom stereocenters. The van der Waals surface area contributed by atoms with Crippen molar-refractivity contribution in [3.63, 3.8) is 0 Å². The van der Waals surface area contributed by atoms with Crippen LogP contribution in [-0.2, 0) is 4.79 Å². The fourth-order valence-corrected chi connectivity index (χ4v) is 4.74. The standard InChI is InChI=1S/C32H33N5O5/c1-21-6-5-7-28(22(21)2)42-29-20-33-37(26-12-14-27(41-4)15-13-26)32(40)30(29)34-25-10-8-24(9-11-25)31(39)36-18-16-35(17-19-36)23(3)38/h5-15,20,34H,16-19H2,1-4H3. The van der Waals surface area contributed by atoms with E-state index < -0.39 is 5.56 Å². The van der Waals surface area contributed by atoms with E-state index in [1.807, 2.05) is 32.0 Å². The highest BCUT2D eigenvalue weighted by Gasteiger charge is 2.23. The van der Waals surface area contributed by atoms with Crippen LogP contribution < -0.4 is 20.3 Å². The molecule has 3 aromatic carbocycles. The molecule has 0 atom stereocenters. The molecule has 0 spiro atoms. The fourth-order valence-electron chi connectivity index (χ4n) is 4.74. The molecule has 1 aromatic heterocycles. The lowest BCUT2D eigenvalue weighted by molar-refractivity contribution is -0.130. The van der Waals surface area contributed by atoms with E-state index in [4.69, 9.17) is 9.47 Å². The topological polar surface area (TPSA) is 106 Å². The first-order valence-corrected chi connectivity index (χ1v) is 13.7. The molecule has 0 aliphatic carbocycles. The lowest BCUT2D eigenvalue weighted by Crippen LogP contribution is -2.50. The van der Waals surface area contributed by atoms with E-state index in [9.17, 15) is 14.4 Å². The number of benzene rings is 3. The summed E-state index contributed by atoms with van der Waals surface area (Å²) in [6.45, 7) is 7.50. The van der Waals surface area contributed by atoms with Crippen LogP contribution in [0.15, 0.2) is 77.7 Å². The minimum absolute atomic E-state index is 0.0144. The molecule has 2 heterocycles. The van der Waals surface area contributed by atoms with Gasteiger partial charge in [0.1, 0.15) is 11.5 Å². The Balaban J connectivity index is 1.44. The second-order valence-corrected chi connectivity index (χ2v) is 10.1. The number of hydrogen-bond donors (Lipinski definition) is 1. The number of nitrogens with zero attached hydrogens (tertiary/aromatic N) is 4. The zero-order valence-corrected chi connectivity index (χ0v) is 24.1. The van der Waals surface area contributed by atoms with Crippen LogP contribution in [0, 0.1) is 13.8 Å². The van der Waals surface area contributed by atoms with Crippen LogP contribution in [0.4, 0.5) is 11.4 Å². The van der Waals surface area contributed by atoms with E-state index in [0.29, 0.717) is 54.6 Å². The second kappa shape index (κ2) is 12.2. The molecule has 10 heteroatoms. The van der Waals surface area contributed by atoms with Crippen LogP contribution in [-0.4, -0.2) is 64.7 Å². The Morgan fingerprint density at radius 3 is 2.17 bits per heavy atom. The molecule has 5 rings (SSSR count). The third-order valence-electron chi connectivity index (χ3n) is 7.45. The van der Waals surface area contributed by atoms with Crippen molar-refractivity contribution < 1.29 is 19.1 Å². The quantitative estimate of drug-likeness (QED) is 0.345. The largest absolute Gasteiger partial charge is 0.497 e. The van der Waals surface area contributed by atoms with Gasteiger partial charge in [-0.15, -0.1) is 0 Å². The maximum Gasteiger partial charge on any atom is 0.299 e. The van der Waals surface area contributed by atoms with Gasteiger partial charge in [-0.25, -0.2) is 0 Å². The number of piperazine rings is 1. The normalized spacial score (nSPS) is 13.0. The molecule has 10 nitrogen and oxygen atoms in total. The van der Waals surface area contributed by atoms with Crippen molar-refractivity contribution in [3.05, 3.63) is 100.0 Å². The molecule has 0 saturated carbocycles. The Kier molecular flexibility index (Phi) is 8.24. The van der Waals surface area contributed by atoms with Gasteiger partial charge in [-0.05, 0) is 79.6 Å². The van der Waals surface area contributed by atoms with Crippen molar-refractivity contribution in [2.24, 2.45) is 0 Å². The number of aryl methyl sites for hydroxylation is 1. The van der Waals surface area contributed by atoms with Crippen molar-refractivity contribution >= 4 is 23.2 Å². The highest BCUT2D eigenvalue weighted by molar-refractivity contribution is 5.95. The van der Waals surface area contributed by atoms with Gasteiger partial charge in [0.2, 0.25) is 5.91 Å².